The van der Waals surface area contributed by atoms with Crippen LogP contribution in [0.5, 0.6) is 0 Å². The van der Waals surface area contributed by atoms with Gasteiger partial charge in [-0.1, -0.05) is 41.0 Å². The van der Waals surface area contributed by atoms with Gasteiger partial charge in [0.1, 0.15) is 0 Å². The van der Waals surface area contributed by atoms with Crippen molar-refractivity contribution in [3.05, 3.63) is 39.6 Å². The smallest absolute Gasteiger partial charge is 0.349 e. The number of halogens is 5. The van der Waals surface area contributed by atoms with E-state index in [4.69, 9.17) is 29.0 Å². The lowest BCUT2D eigenvalue weighted by Gasteiger charge is -2.14. The molecule has 1 amide bonds. The van der Waals surface area contributed by atoms with Crippen LogP contribution in [-0.4, -0.2) is 26.5 Å². The number of carbonyl (C=O) groups excluding carboxylic acids is 1. The molecule has 0 bridgehead atoms. The van der Waals surface area contributed by atoms with Gasteiger partial charge in [0, 0.05) is 0 Å². The van der Waals surface area contributed by atoms with E-state index in [0.717, 1.165) is 17.3 Å². The molecule has 1 aromatic heterocycles. The molecule has 1 heterocycles. The van der Waals surface area contributed by atoms with Crippen molar-refractivity contribution in [2.75, 3.05) is 11.6 Å². The minimum atomic E-state index is -4.72. The summed E-state index contributed by atoms with van der Waals surface area (Å²) in [7, 11) is 0. The Kier molecular flexibility index (Phi) is 6.07. The highest BCUT2D eigenvalue weighted by atomic mass is 35.5. The van der Waals surface area contributed by atoms with Gasteiger partial charge < -0.3 is 11.2 Å². The third-order valence-electron chi connectivity index (χ3n) is 3.07. The lowest BCUT2D eigenvalue weighted by molar-refractivity contribution is -0.146. The predicted octanol–water partition coefficient (Wildman–Crippen LogP) is 3.29. The van der Waals surface area contributed by atoms with Crippen LogP contribution in [0.1, 0.15) is 24.4 Å². The van der Waals surface area contributed by atoms with Crippen LogP contribution in [0.3, 0.4) is 0 Å². The van der Waals surface area contributed by atoms with Crippen LogP contribution in [-0.2, 0) is 11.0 Å². The number of hydrogen-bond donors (Lipinski definition) is 2. The summed E-state index contributed by atoms with van der Waals surface area (Å²) in [4.78, 5) is 12.0. The number of thioether (sulfide) groups is 1. The first-order valence-corrected chi connectivity index (χ1v) is 8.48. The van der Waals surface area contributed by atoms with Crippen LogP contribution in [0.4, 0.5) is 13.2 Å². The summed E-state index contributed by atoms with van der Waals surface area (Å²) in [5.41, 5.74) is 0.731. The molecule has 0 fully saturated rings. The second-order valence-electron chi connectivity index (χ2n) is 4.93. The molecule has 6 nitrogen and oxygen atoms in total. The first-order chi connectivity index (χ1) is 11.6. The summed E-state index contributed by atoms with van der Waals surface area (Å²) < 4.78 is 38.0. The Hall–Kier alpha value is -1.65. The number of aromatic nitrogens is 3. The normalized spacial score (nSPS) is 12.9. The van der Waals surface area contributed by atoms with Gasteiger partial charge in [0.2, 0.25) is 11.1 Å². The Morgan fingerprint density at radius 1 is 1.36 bits per heavy atom. The summed E-state index contributed by atoms with van der Waals surface area (Å²) in [6, 6.07) is 4.56. The van der Waals surface area contributed by atoms with E-state index in [2.05, 4.69) is 15.5 Å². The van der Waals surface area contributed by atoms with Crippen LogP contribution in [0.25, 0.3) is 0 Å². The largest absolute Gasteiger partial charge is 0.453 e. The molecular formula is C13H12Cl2F3N5OS. The fourth-order valence-corrected chi connectivity index (χ4v) is 2.82. The quantitative estimate of drug-likeness (QED) is 0.580. The lowest BCUT2D eigenvalue weighted by atomic mass is 10.1. The van der Waals surface area contributed by atoms with Crippen molar-refractivity contribution in [2.24, 2.45) is 0 Å². The SMILES string of the molecule is CC(NC(=O)CSc1nnc(C(F)(F)F)n1N)c1ccc(Cl)c(Cl)c1. The Labute approximate surface area is 154 Å². The van der Waals surface area contributed by atoms with Crippen molar-refractivity contribution in [3.63, 3.8) is 0 Å². The predicted molar refractivity (Wildman–Crippen MR) is 88.9 cm³/mol. The number of rotatable bonds is 5. The van der Waals surface area contributed by atoms with Crippen LogP contribution >= 0.6 is 35.0 Å². The Bertz CT molecular complexity index is 784. The molecule has 12 heteroatoms. The summed E-state index contributed by atoms with van der Waals surface area (Å²) >= 11 is 12.5. The number of nitrogens with one attached hydrogen (secondary N) is 1. The fraction of sp³-hybridized carbons (Fsp3) is 0.308. The summed E-state index contributed by atoms with van der Waals surface area (Å²) in [5, 5.41) is 9.52. The molecule has 0 saturated heterocycles. The molecule has 0 aliphatic carbocycles. The molecule has 0 aliphatic heterocycles. The van der Waals surface area contributed by atoms with E-state index < -0.39 is 17.9 Å². The van der Waals surface area contributed by atoms with Crippen LogP contribution in [0.2, 0.25) is 10.0 Å². The standard InChI is InChI=1S/C13H12Cl2F3N5OS/c1-6(7-2-3-8(14)9(15)4-7)20-10(24)5-25-12-22-21-11(23(12)19)13(16,17)18/h2-4,6H,5,19H2,1H3,(H,20,24). The number of nitrogen functional groups attached to an aromatic ring is 1. The van der Waals surface area contributed by atoms with Gasteiger partial charge in [-0.05, 0) is 24.6 Å². The van der Waals surface area contributed by atoms with Gasteiger partial charge in [-0.25, -0.2) is 4.68 Å². The Balaban J connectivity index is 1.94. The van der Waals surface area contributed by atoms with E-state index >= 15 is 0 Å². The van der Waals surface area contributed by atoms with Gasteiger partial charge in [-0.2, -0.15) is 13.2 Å². The molecule has 1 atom stereocenters. The number of carbonyl (C=O) groups is 1. The number of hydrogen-bond acceptors (Lipinski definition) is 5. The molecule has 1 unspecified atom stereocenters. The molecule has 0 aliphatic rings. The first kappa shape index (κ1) is 19.7. The number of nitrogens with zero attached hydrogens (tertiary/aromatic N) is 3. The highest BCUT2D eigenvalue weighted by Crippen LogP contribution is 2.29. The molecule has 0 saturated carbocycles. The topological polar surface area (TPSA) is 85.8 Å². The van der Waals surface area contributed by atoms with Gasteiger partial charge in [0.05, 0.1) is 21.8 Å². The molecule has 3 N–H and O–H groups in total. The van der Waals surface area contributed by atoms with Crippen molar-refractivity contribution in [1.29, 1.82) is 0 Å². The van der Waals surface area contributed by atoms with E-state index in [1.165, 1.54) is 0 Å². The maximum Gasteiger partial charge on any atom is 0.453 e. The molecule has 0 radical (unpaired) electrons. The third kappa shape index (κ3) is 4.93. The van der Waals surface area contributed by atoms with Crippen molar-refractivity contribution in [1.82, 2.24) is 20.2 Å². The number of amides is 1. The minimum absolute atomic E-state index is 0.182. The zero-order valence-electron chi connectivity index (χ0n) is 12.6. The molecule has 25 heavy (non-hydrogen) atoms. The number of benzene rings is 1. The van der Waals surface area contributed by atoms with E-state index in [1.807, 2.05) is 0 Å². The molecule has 2 rings (SSSR count). The zero-order valence-corrected chi connectivity index (χ0v) is 15.0. The zero-order chi connectivity index (χ0) is 18.8. The van der Waals surface area contributed by atoms with E-state index in [-0.39, 0.29) is 17.0 Å². The van der Waals surface area contributed by atoms with Crippen molar-refractivity contribution < 1.29 is 18.0 Å². The van der Waals surface area contributed by atoms with Gasteiger partial charge in [-0.3, -0.25) is 4.79 Å². The molecule has 2 aromatic rings. The van der Waals surface area contributed by atoms with Crippen molar-refractivity contribution in [2.45, 2.75) is 24.3 Å². The second-order valence-corrected chi connectivity index (χ2v) is 6.68. The average molecular weight is 414 g/mol. The maximum atomic E-state index is 12.6. The lowest BCUT2D eigenvalue weighted by Crippen LogP contribution is -2.28. The minimum Gasteiger partial charge on any atom is -0.349 e. The van der Waals surface area contributed by atoms with Crippen LogP contribution in [0, 0.1) is 0 Å². The molecular weight excluding hydrogens is 402 g/mol. The van der Waals surface area contributed by atoms with Crippen LogP contribution in [0.15, 0.2) is 23.4 Å². The summed E-state index contributed by atoms with van der Waals surface area (Å²) in [6.45, 7) is 1.73. The third-order valence-corrected chi connectivity index (χ3v) is 4.75. The summed E-state index contributed by atoms with van der Waals surface area (Å²) in [5.74, 6) is 3.36. The molecule has 0 spiro atoms. The number of nitrogens with two attached hydrogens (primary N) is 1. The number of alkyl halides is 3. The molecule has 136 valence electrons. The average Bonchev–Trinajstić information content (AvgIpc) is 2.89. The van der Waals surface area contributed by atoms with Crippen molar-refractivity contribution in [3.8, 4) is 0 Å². The Morgan fingerprint density at radius 3 is 2.60 bits per heavy atom. The first-order valence-electron chi connectivity index (χ1n) is 6.74. The van der Waals surface area contributed by atoms with Crippen LogP contribution < -0.4 is 11.2 Å². The van der Waals surface area contributed by atoms with Gasteiger partial charge >= 0.3 is 6.18 Å². The van der Waals surface area contributed by atoms with E-state index in [1.54, 1.807) is 25.1 Å². The van der Waals surface area contributed by atoms with E-state index in [9.17, 15) is 18.0 Å². The highest BCUT2D eigenvalue weighted by Gasteiger charge is 2.38. The Morgan fingerprint density at radius 2 is 2.04 bits per heavy atom. The fourth-order valence-electron chi connectivity index (χ4n) is 1.85. The van der Waals surface area contributed by atoms with Crippen molar-refractivity contribution >= 4 is 40.9 Å². The highest BCUT2D eigenvalue weighted by molar-refractivity contribution is 7.99. The summed E-state index contributed by atoms with van der Waals surface area (Å²) in [6.07, 6.45) is -4.72. The van der Waals surface area contributed by atoms with Gasteiger partial charge in [0.15, 0.2) is 0 Å². The van der Waals surface area contributed by atoms with Gasteiger partial charge in [0.25, 0.3) is 5.82 Å². The molecule has 1 aromatic carbocycles. The van der Waals surface area contributed by atoms with E-state index in [0.29, 0.717) is 14.7 Å². The maximum absolute atomic E-state index is 12.6. The second kappa shape index (κ2) is 7.71. The monoisotopic (exact) mass is 413 g/mol. The van der Waals surface area contributed by atoms with Gasteiger partial charge in [-0.15, -0.1) is 10.2 Å².